The third-order valence-corrected chi connectivity index (χ3v) is 8.48. The van der Waals surface area contributed by atoms with Crippen LogP contribution in [0.25, 0.3) is 6.08 Å². The van der Waals surface area contributed by atoms with Gasteiger partial charge in [-0.05, 0) is 60.9 Å². The maximum atomic E-state index is 11.8. The molecular formula is C24H33N3O4S2. The number of anilines is 1. The predicted molar refractivity (Wildman–Crippen MR) is 137 cm³/mol. The van der Waals surface area contributed by atoms with E-state index in [1.165, 1.54) is 5.69 Å². The van der Waals surface area contributed by atoms with Crippen LogP contribution in [0.15, 0.2) is 63.0 Å². The van der Waals surface area contributed by atoms with E-state index in [1.54, 1.807) is 24.3 Å². The Kier molecular flexibility index (Phi) is 9.79. The second-order valence-electron chi connectivity index (χ2n) is 8.01. The van der Waals surface area contributed by atoms with Crippen LogP contribution in [0.5, 0.6) is 0 Å². The zero-order chi connectivity index (χ0) is 24.5. The van der Waals surface area contributed by atoms with Gasteiger partial charge in [0.2, 0.25) is 0 Å². The third-order valence-electron chi connectivity index (χ3n) is 4.97. The molecule has 0 spiro atoms. The summed E-state index contributed by atoms with van der Waals surface area (Å²) in [5, 5.41) is 8.49. The van der Waals surface area contributed by atoms with Crippen LogP contribution in [-0.4, -0.2) is 42.4 Å². The van der Waals surface area contributed by atoms with Crippen LogP contribution in [0, 0.1) is 0 Å². The number of hydrogen-bond donors (Lipinski definition) is 0. The van der Waals surface area contributed by atoms with E-state index >= 15 is 0 Å². The van der Waals surface area contributed by atoms with Gasteiger partial charge < -0.3 is 4.90 Å². The largest absolute Gasteiger partial charge is 0.372 e. The molecule has 0 N–H and O–H groups in total. The minimum atomic E-state index is -3.87. The van der Waals surface area contributed by atoms with Gasteiger partial charge in [-0.2, -0.15) is 10.2 Å². The Balaban J connectivity index is 2.14. The summed E-state index contributed by atoms with van der Waals surface area (Å²) in [5.74, 6) is 0. The zero-order valence-corrected chi connectivity index (χ0v) is 21.4. The lowest BCUT2D eigenvalue weighted by molar-refractivity contribution is 0.601. The minimum Gasteiger partial charge on any atom is -0.372 e. The van der Waals surface area contributed by atoms with E-state index in [4.69, 9.17) is 0 Å². The molecule has 0 radical (unpaired) electrons. The molecule has 0 bridgehead atoms. The SMILES string of the molecule is CCCCN(CCCC)c1ccc(/N=N/c2ccc(C=C(S(C)(=O)=O)S(C)(=O)=O)cc2)cc1. The third kappa shape index (κ3) is 8.74. The second kappa shape index (κ2) is 12.1. The molecule has 2 aromatic carbocycles. The van der Waals surface area contributed by atoms with Crippen molar-refractivity contribution in [2.45, 2.75) is 39.5 Å². The summed E-state index contributed by atoms with van der Waals surface area (Å²) in [6.45, 7) is 6.47. The van der Waals surface area contributed by atoms with Crippen LogP contribution in [0.4, 0.5) is 17.1 Å². The first kappa shape index (κ1) is 26.7. The van der Waals surface area contributed by atoms with E-state index in [2.05, 4.69) is 41.1 Å². The summed E-state index contributed by atoms with van der Waals surface area (Å²) >= 11 is 0. The number of nitrogens with zero attached hydrogens (tertiary/aromatic N) is 3. The summed E-state index contributed by atoms with van der Waals surface area (Å²) in [6.07, 6.45) is 7.54. The average molecular weight is 492 g/mol. The summed E-state index contributed by atoms with van der Waals surface area (Å²) in [5.41, 5.74) is 2.93. The average Bonchev–Trinajstić information content (AvgIpc) is 2.76. The van der Waals surface area contributed by atoms with Crippen LogP contribution in [0.3, 0.4) is 0 Å². The van der Waals surface area contributed by atoms with Gasteiger partial charge in [-0.15, -0.1) is 0 Å². The van der Waals surface area contributed by atoms with Gasteiger partial charge in [0.1, 0.15) is 0 Å². The molecule has 0 saturated heterocycles. The quantitative estimate of drug-likeness (QED) is 0.345. The van der Waals surface area contributed by atoms with Crippen molar-refractivity contribution in [3.8, 4) is 0 Å². The molecule has 0 aliphatic rings. The molecule has 0 amide bonds. The van der Waals surface area contributed by atoms with E-state index in [9.17, 15) is 16.8 Å². The van der Waals surface area contributed by atoms with Gasteiger partial charge in [-0.25, -0.2) is 16.8 Å². The molecule has 0 aromatic heterocycles. The highest BCUT2D eigenvalue weighted by Gasteiger charge is 2.22. The topological polar surface area (TPSA) is 96.2 Å². The van der Waals surface area contributed by atoms with Crippen molar-refractivity contribution >= 4 is 42.8 Å². The van der Waals surface area contributed by atoms with E-state index in [-0.39, 0.29) is 0 Å². The lowest BCUT2D eigenvalue weighted by atomic mass is 10.2. The van der Waals surface area contributed by atoms with Gasteiger partial charge in [-0.3, -0.25) is 0 Å². The molecule has 7 nitrogen and oxygen atoms in total. The summed E-state index contributed by atoms with van der Waals surface area (Å²) in [6, 6.07) is 14.5. The van der Waals surface area contributed by atoms with Crippen molar-refractivity contribution < 1.29 is 16.8 Å². The van der Waals surface area contributed by atoms with Gasteiger partial charge in [0.05, 0.1) is 11.4 Å². The maximum absolute atomic E-state index is 11.8. The molecule has 180 valence electrons. The van der Waals surface area contributed by atoms with Crippen LogP contribution in [0.2, 0.25) is 0 Å². The molecule has 0 fully saturated rings. The van der Waals surface area contributed by atoms with Crippen LogP contribution < -0.4 is 4.90 Å². The van der Waals surface area contributed by atoms with Gasteiger partial charge in [0.15, 0.2) is 23.9 Å². The number of azo groups is 1. The lowest BCUT2D eigenvalue weighted by Gasteiger charge is -2.24. The lowest BCUT2D eigenvalue weighted by Crippen LogP contribution is -2.25. The number of benzene rings is 2. The van der Waals surface area contributed by atoms with Crippen molar-refractivity contribution in [3.63, 3.8) is 0 Å². The standard InChI is InChI=1S/C24H33N3O4S2/c1-5-7-17-27(18-8-6-2)23-15-13-22(14-16-23)26-25-21-11-9-20(10-12-21)19-24(32(3,28)29)33(4,30)31/h9-16,19H,5-8,17-18H2,1-4H3/b26-25+. The second-order valence-corrected chi connectivity index (χ2v) is 12.2. The van der Waals surface area contributed by atoms with Crippen molar-refractivity contribution in [3.05, 3.63) is 58.3 Å². The van der Waals surface area contributed by atoms with Crippen molar-refractivity contribution in [1.29, 1.82) is 0 Å². The van der Waals surface area contributed by atoms with Gasteiger partial charge >= 0.3 is 0 Å². The van der Waals surface area contributed by atoms with Crippen LogP contribution >= 0.6 is 0 Å². The van der Waals surface area contributed by atoms with Crippen LogP contribution in [-0.2, 0) is 19.7 Å². The smallest absolute Gasteiger partial charge is 0.186 e. The highest BCUT2D eigenvalue weighted by Crippen LogP contribution is 2.24. The van der Waals surface area contributed by atoms with E-state index in [0.717, 1.165) is 63.0 Å². The predicted octanol–water partition coefficient (Wildman–Crippen LogP) is 5.90. The van der Waals surface area contributed by atoms with Crippen molar-refractivity contribution in [2.24, 2.45) is 10.2 Å². The van der Waals surface area contributed by atoms with E-state index in [0.29, 0.717) is 11.3 Å². The fourth-order valence-corrected chi connectivity index (χ4v) is 6.08. The number of hydrogen-bond acceptors (Lipinski definition) is 7. The highest BCUT2D eigenvalue weighted by molar-refractivity contribution is 8.14. The molecular weight excluding hydrogens is 458 g/mol. The van der Waals surface area contributed by atoms with Crippen molar-refractivity contribution in [2.75, 3.05) is 30.5 Å². The van der Waals surface area contributed by atoms with Crippen LogP contribution in [0.1, 0.15) is 45.1 Å². The fourth-order valence-electron chi connectivity index (χ4n) is 3.18. The molecule has 0 unspecified atom stereocenters. The fraction of sp³-hybridized carbons (Fsp3) is 0.417. The summed E-state index contributed by atoms with van der Waals surface area (Å²) in [4.78, 5) is 2.40. The molecule has 0 atom stereocenters. The highest BCUT2D eigenvalue weighted by atomic mass is 32.3. The molecule has 0 aliphatic heterocycles. The van der Waals surface area contributed by atoms with E-state index < -0.39 is 23.9 Å². The Labute approximate surface area is 198 Å². The number of sulfone groups is 2. The molecule has 9 heteroatoms. The Morgan fingerprint density at radius 2 is 1.18 bits per heavy atom. The first-order chi connectivity index (χ1) is 15.5. The molecule has 33 heavy (non-hydrogen) atoms. The maximum Gasteiger partial charge on any atom is 0.186 e. The normalized spacial score (nSPS) is 12.1. The minimum absolute atomic E-state index is 0.448. The van der Waals surface area contributed by atoms with E-state index in [1.807, 2.05) is 12.1 Å². The Bertz CT molecular complexity index is 1130. The Morgan fingerprint density at radius 3 is 1.58 bits per heavy atom. The Hall–Kier alpha value is -2.52. The van der Waals surface area contributed by atoms with Gasteiger partial charge in [-0.1, -0.05) is 38.8 Å². The first-order valence-electron chi connectivity index (χ1n) is 11.0. The van der Waals surface area contributed by atoms with Gasteiger partial charge in [0, 0.05) is 31.3 Å². The molecule has 0 saturated carbocycles. The van der Waals surface area contributed by atoms with Gasteiger partial charge in [0.25, 0.3) is 0 Å². The number of unbranched alkanes of at least 4 members (excludes halogenated alkanes) is 2. The molecule has 2 rings (SSSR count). The molecule has 2 aromatic rings. The summed E-state index contributed by atoms with van der Waals surface area (Å²) in [7, 11) is -7.74. The Morgan fingerprint density at radius 1 is 0.758 bits per heavy atom. The molecule has 0 heterocycles. The first-order valence-corrected chi connectivity index (χ1v) is 14.8. The molecule has 0 aliphatic carbocycles. The zero-order valence-electron chi connectivity index (χ0n) is 19.7. The number of rotatable bonds is 12. The van der Waals surface area contributed by atoms with Crippen molar-refractivity contribution in [1.82, 2.24) is 0 Å². The summed E-state index contributed by atoms with van der Waals surface area (Å²) < 4.78 is 46.6. The monoisotopic (exact) mass is 491 g/mol.